The molecule has 0 bridgehead atoms. The molecule has 1 rings (SSSR count). The molecule has 1 heterocycles. The highest BCUT2D eigenvalue weighted by molar-refractivity contribution is 5.70. The first-order chi connectivity index (χ1) is 45.9. The van der Waals surface area contributed by atoms with Crippen LogP contribution < -0.4 is 0 Å². The van der Waals surface area contributed by atoms with E-state index < -0.39 is 24.4 Å². The van der Waals surface area contributed by atoms with Crippen LogP contribution in [-0.4, -0.2) is 193 Å². The van der Waals surface area contributed by atoms with Crippen LogP contribution in [0.1, 0.15) is 297 Å². The number of allylic oxidation sites excluding steroid dienone is 8. The molecule has 0 aliphatic carbocycles. The molecule has 0 spiro atoms. The predicted octanol–water partition coefficient (Wildman–Crippen LogP) is 15.5. The minimum absolute atomic E-state index is 0.114. The summed E-state index contributed by atoms with van der Waals surface area (Å²) in [6, 6.07) is 0. The zero-order chi connectivity index (χ0) is 68.4. The van der Waals surface area contributed by atoms with Crippen molar-refractivity contribution >= 4 is 23.9 Å². The number of unbranched alkanes of at least 4 members (excludes halogenated alkanes) is 28. The van der Waals surface area contributed by atoms with Crippen LogP contribution in [0.4, 0.5) is 0 Å². The van der Waals surface area contributed by atoms with E-state index in [9.17, 15) is 39.6 Å². The van der Waals surface area contributed by atoms with Crippen molar-refractivity contribution in [3.8, 4) is 0 Å². The largest absolute Gasteiger partial charge is 0.463 e. The Hall–Kier alpha value is -3.48. The Bertz CT molecular complexity index is 1610. The number of hydrogen-bond acceptors (Lipinski definition) is 16. The molecule has 0 amide bonds. The molecule has 0 aromatic heterocycles. The van der Waals surface area contributed by atoms with Crippen LogP contribution in [0.3, 0.4) is 0 Å². The summed E-state index contributed by atoms with van der Waals surface area (Å²) < 4.78 is 22.5. The topological polar surface area (TPSA) is 199 Å². The van der Waals surface area contributed by atoms with Crippen molar-refractivity contribution in [2.75, 3.05) is 105 Å². The van der Waals surface area contributed by atoms with Gasteiger partial charge >= 0.3 is 23.9 Å². The molecule has 1 aliphatic heterocycles. The third kappa shape index (κ3) is 59.8. The van der Waals surface area contributed by atoms with Gasteiger partial charge in [0, 0.05) is 78.0 Å². The van der Waals surface area contributed by atoms with Crippen molar-refractivity contribution in [3.05, 3.63) is 48.6 Å². The van der Waals surface area contributed by atoms with E-state index in [1.165, 1.54) is 51.4 Å². The predicted molar refractivity (Wildman–Crippen MR) is 387 cm³/mol. The highest BCUT2D eigenvalue weighted by Gasteiger charge is 2.23. The van der Waals surface area contributed by atoms with E-state index in [2.05, 4.69) is 95.9 Å². The van der Waals surface area contributed by atoms with Crippen LogP contribution in [0.5, 0.6) is 0 Å². The fraction of sp³-hybridized carbons (Fsp3) is 0.846. The van der Waals surface area contributed by atoms with Gasteiger partial charge in [-0.1, -0.05) is 205 Å². The zero-order valence-corrected chi connectivity index (χ0v) is 60.8. The fourth-order valence-electron chi connectivity index (χ4n) is 11.7. The Morgan fingerprint density at radius 1 is 0.277 bits per heavy atom. The smallest absolute Gasteiger partial charge is 0.305 e. The lowest BCUT2D eigenvalue weighted by molar-refractivity contribution is -0.148. The normalized spacial score (nSPS) is 16.1. The lowest BCUT2D eigenvalue weighted by atomic mass is 10.1. The first kappa shape index (κ1) is 88.5. The second-order valence-electron chi connectivity index (χ2n) is 26.9. The molecular weight excluding hydrogens is 1180 g/mol. The quantitative estimate of drug-likeness (QED) is 0.0194. The number of nitrogens with zero attached hydrogens (tertiary/aromatic N) is 4. The van der Waals surface area contributed by atoms with Crippen LogP contribution in [0.2, 0.25) is 0 Å². The summed E-state index contributed by atoms with van der Waals surface area (Å²) in [7, 11) is 0. The Balaban J connectivity index is 3.12. The summed E-state index contributed by atoms with van der Waals surface area (Å²) in [5.41, 5.74) is 0. The molecule has 0 aromatic carbocycles. The average molecular weight is 1330 g/mol. The van der Waals surface area contributed by atoms with Gasteiger partial charge in [-0.05, 0) is 142 Å². The summed E-state index contributed by atoms with van der Waals surface area (Å²) in [5, 5.41) is 45.6. The van der Waals surface area contributed by atoms with Crippen molar-refractivity contribution in [3.63, 3.8) is 0 Å². The number of hydrogen-bond donors (Lipinski definition) is 4. The van der Waals surface area contributed by atoms with Crippen molar-refractivity contribution < 1.29 is 58.6 Å². The van der Waals surface area contributed by atoms with Crippen LogP contribution in [0, 0.1) is 0 Å². The third-order valence-electron chi connectivity index (χ3n) is 17.6. The van der Waals surface area contributed by atoms with E-state index in [0.717, 1.165) is 180 Å². The number of β-amino-alcohol motifs (C(OH)–C–C–N with tert-alkyl or cyclic N) is 4. The number of aliphatic hydroxyl groups excluding tert-OH is 4. The molecule has 1 saturated heterocycles. The first-order valence-corrected chi connectivity index (χ1v) is 38.7. The van der Waals surface area contributed by atoms with Gasteiger partial charge in [-0.25, -0.2) is 0 Å². The Morgan fingerprint density at radius 3 is 0.660 bits per heavy atom. The van der Waals surface area contributed by atoms with Gasteiger partial charge in [0.05, 0.1) is 0 Å². The molecule has 4 atom stereocenters. The number of ether oxygens (including phenoxy) is 4. The van der Waals surface area contributed by atoms with Crippen LogP contribution in [0.25, 0.3) is 0 Å². The minimum Gasteiger partial charge on any atom is -0.463 e. The molecule has 548 valence electrons. The van der Waals surface area contributed by atoms with Gasteiger partial charge in [0.25, 0.3) is 0 Å². The molecule has 4 N–H and O–H groups in total. The maximum Gasteiger partial charge on any atom is 0.305 e. The Morgan fingerprint density at radius 2 is 0.457 bits per heavy atom. The van der Waals surface area contributed by atoms with E-state index in [0.29, 0.717) is 90.9 Å². The molecule has 1 fully saturated rings. The maximum atomic E-state index is 12.9. The van der Waals surface area contributed by atoms with E-state index in [-0.39, 0.29) is 76.5 Å². The number of aliphatic hydroxyl groups is 4. The molecule has 94 heavy (non-hydrogen) atoms. The van der Waals surface area contributed by atoms with Crippen LogP contribution in [-0.2, 0) is 38.1 Å². The van der Waals surface area contributed by atoms with Gasteiger partial charge in [-0.2, -0.15) is 0 Å². The maximum absolute atomic E-state index is 12.9. The Labute approximate surface area is 574 Å². The summed E-state index contributed by atoms with van der Waals surface area (Å²) >= 11 is 0. The van der Waals surface area contributed by atoms with E-state index >= 15 is 0 Å². The number of carbonyl (C=O) groups is 4. The average Bonchev–Trinajstić information content (AvgIpc) is 1.92. The van der Waals surface area contributed by atoms with Gasteiger partial charge in [0.1, 0.15) is 50.8 Å². The molecule has 16 heteroatoms. The van der Waals surface area contributed by atoms with Gasteiger partial charge in [-0.15, -0.1) is 0 Å². The van der Waals surface area contributed by atoms with E-state index in [1.54, 1.807) is 0 Å². The van der Waals surface area contributed by atoms with Crippen molar-refractivity contribution in [1.29, 1.82) is 0 Å². The molecule has 0 radical (unpaired) electrons. The highest BCUT2D eigenvalue weighted by Crippen LogP contribution is 2.15. The molecular formula is C78H144N4O12. The van der Waals surface area contributed by atoms with Crippen molar-refractivity contribution in [2.45, 2.75) is 322 Å². The van der Waals surface area contributed by atoms with Crippen LogP contribution >= 0.6 is 0 Å². The second-order valence-corrected chi connectivity index (χ2v) is 26.9. The summed E-state index contributed by atoms with van der Waals surface area (Å²) in [6.07, 6.45) is 56.2. The lowest BCUT2D eigenvalue weighted by Crippen LogP contribution is -2.47. The Kier molecular flexibility index (Phi) is 62.9. The summed E-state index contributed by atoms with van der Waals surface area (Å²) in [5.74, 6) is -1.22. The molecule has 1 aliphatic rings. The number of rotatable bonds is 60. The summed E-state index contributed by atoms with van der Waals surface area (Å²) in [6.45, 7) is 13.8. The standard InChI is InChI=1S/C78H144N4O12/c1-5-9-13-17-21-25-29-33-37-41-45-51-75(87)91-67-71(83)63-79-55-49-56-81(65-73(85)69-93-77(89)53-47-43-39-35-31-27-23-19-15-11-7-3)61-62-82(66-74(86)70-94-78(90)54-48-44-40-36-32-28-24-20-16-12-8-4)58-50-57-80(60-59-79)64-72(84)68-92-76(88)52-46-42-38-34-30-26-22-18-14-10-6-2/h17-24,71-74,83-86H,5-16,25-70H2,1-4H3/b21-17-,22-18-,23-19-,24-20-. The van der Waals surface area contributed by atoms with E-state index in [1.807, 2.05) is 0 Å². The van der Waals surface area contributed by atoms with Gasteiger partial charge in [0.15, 0.2) is 0 Å². The van der Waals surface area contributed by atoms with E-state index in [4.69, 9.17) is 18.9 Å². The number of carbonyl (C=O) groups excluding carboxylic acids is 4. The second kappa shape index (κ2) is 66.7. The highest BCUT2D eigenvalue weighted by atomic mass is 16.6. The van der Waals surface area contributed by atoms with Gasteiger partial charge in [-0.3, -0.25) is 38.8 Å². The summed E-state index contributed by atoms with van der Waals surface area (Å²) in [4.78, 5) is 60.1. The third-order valence-corrected chi connectivity index (χ3v) is 17.6. The van der Waals surface area contributed by atoms with Gasteiger partial charge < -0.3 is 39.4 Å². The zero-order valence-electron chi connectivity index (χ0n) is 60.8. The minimum atomic E-state index is -0.930. The molecule has 4 unspecified atom stereocenters. The molecule has 0 saturated carbocycles. The van der Waals surface area contributed by atoms with Gasteiger partial charge in [0.2, 0.25) is 0 Å². The molecule has 16 nitrogen and oxygen atoms in total. The fourth-order valence-corrected chi connectivity index (χ4v) is 11.7. The number of esters is 4. The SMILES string of the molecule is CCCC/C=C\CCCCCCCC(=O)OCC(O)CN1CCCN(CC(O)COC(=O)CCCCCCC/C=C\CCCC)CCN(CC(O)COC(=O)CCCCCCC/C=C\CCCC)CCCN(CC(O)COC(=O)CCCCCCC/C=C\CCCC)CC1. The first-order valence-electron chi connectivity index (χ1n) is 38.7. The monoisotopic (exact) mass is 1330 g/mol. The van der Waals surface area contributed by atoms with Crippen molar-refractivity contribution in [1.82, 2.24) is 19.6 Å². The molecule has 0 aromatic rings. The lowest BCUT2D eigenvalue weighted by Gasteiger charge is -2.34. The van der Waals surface area contributed by atoms with Crippen LogP contribution in [0.15, 0.2) is 48.6 Å². The van der Waals surface area contributed by atoms with Crippen molar-refractivity contribution in [2.24, 2.45) is 0 Å².